The Morgan fingerprint density at radius 3 is 2.36 bits per heavy atom. The summed E-state index contributed by atoms with van der Waals surface area (Å²) in [6.07, 6.45) is 3.62. The number of hydrogen-bond donors (Lipinski definition) is 1. The Morgan fingerprint density at radius 1 is 1.05 bits per heavy atom. The van der Waals surface area contributed by atoms with Gasteiger partial charge < -0.3 is 15.4 Å². The van der Waals surface area contributed by atoms with Crippen LogP contribution < -0.4 is 10.5 Å². The van der Waals surface area contributed by atoms with E-state index in [-0.39, 0.29) is 35.6 Å². The number of hydrogen-bond acceptors (Lipinski definition) is 7. The van der Waals surface area contributed by atoms with E-state index >= 15 is 0 Å². The van der Waals surface area contributed by atoms with Crippen molar-refractivity contribution in [1.29, 1.82) is 0 Å². The summed E-state index contributed by atoms with van der Waals surface area (Å²) < 4.78 is 34.3. The number of halogens is 2. The van der Waals surface area contributed by atoms with Crippen molar-refractivity contribution in [2.24, 2.45) is 17.6 Å². The minimum atomic E-state index is -0.625. The molecule has 1 aliphatic heterocycles. The van der Waals surface area contributed by atoms with E-state index in [0.29, 0.717) is 35.9 Å². The molecular weight excluding hydrogens is 504 g/mol. The van der Waals surface area contributed by atoms with Crippen molar-refractivity contribution in [2.75, 3.05) is 13.1 Å². The zero-order chi connectivity index (χ0) is 27.5. The molecule has 1 amide bonds. The number of aryl methyl sites for hydroxylation is 1. The molecule has 2 N–H and O–H groups in total. The second kappa shape index (κ2) is 9.19. The van der Waals surface area contributed by atoms with Crippen LogP contribution in [-0.2, 0) is 5.54 Å². The topological polar surface area (TPSA) is 112 Å². The molecule has 3 aromatic heterocycles. The Balaban J connectivity index is 1.15. The Hall–Kier alpha value is -4.25. The molecule has 1 aliphatic carbocycles. The lowest BCUT2D eigenvalue weighted by Gasteiger charge is -2.22. The molecule has 4 aromatic rings. The average Bonchev–Trinajstić information content (AvgIpc) is 3.21. The average molecular weight is 532 g/mol. The van der Waals surface area contributed by atoms with E-state index in [2.05, 4.69) is 20.1 Å². The fraction of sp³-hybridized carbons (Fsp3) is 0.321. The number of ether oxygens (including phenoxy) is 1. The number of pyridine rings is 1. The van der Waals surface area contributed by atoms with E-state index in [4.69, 9.17) is 10.5 Å². The predicted molar refractivity (Wildman–Crippen MR) is 138 cm³/mol. The normalized spacial score (nSPS) is 20.2. The van der Waals surface area contributed by atoms with Gasteiger partial charge in [-0.2, -0.15) is 5.10 Å². The maximum absolute atomic E-state index is 13.5. The summed E-state index contributed by atoms with van der Waals surface area (Å²) in [5, 5.41) is 4.33. The highest BCUT2D eigenvalue weighted by Gasteiger charge is 2.59. The number of carbonyl (C=O) groups excluding carboxylic acids is 1. The van der Waals surface area contributed by atoms with Gasteiger partial charge in [-0.3, -0.25) is 4.79 Å². The molecule has 9 nitrogen and oxygen atoms in total. The smallest absolute Gasteiger partial charge is 0.257 e. The molecule has 6 rings (SSSR count). The fourth-order valence-corrected chi connectivity index (χ4v) is 5.02. The van der Waals surface area contributed by atoms with Gasteiger partial charge in [0.15, 0.2) is 5.82 Å². The van der Waals surface area contributed by atoms with Crippen molar-refractivity contribution < 1.29 is 18.3 Å². The molecule has 11 heteroatoms. The van der Waals surface area contributed by atoms with Crippen LogP contribution in [0.1, 0.15) is 35.5 Å². The first-order valence-electron chi connectivity index (χ1n) is 12.6. The molecule has 1 saturated carbocycles. The Labute approximate surface area is 223 Å². The van der Waals surface area contributed by atoms with Gasteiger partial charge in [0.05, 0.1) is 29.3 Å². The molecule has 0 spiro atoms. The van der Waals surface area contributed by atoms with E-state index in [1.54, 1.807) is 30.2 Å². The van der Waals surface area contributed by atoms with Gasteiger partial charge in [-0.15, -0.1) is 0 Å². The summed E-state index contributed by atoms with van der Waals surface area (Å²) in [6, 6.07) is 9.89. The highest BCUT2D eigenvalue weighted by atomic mass is 19.1. The van der Waals surface area contributed by atoms with Crippen molar-refractivity contribution in [1.82, 2.24) is 29.6 Å². The second-order valence-electron chi connectivity index (χ2n) is 10.7. The van der Waals surface area contributed by atoms with E-state index < -0.39 is 11.4 Å². The summed E-state index contributed by atoms with van der Waals surface area (Å²) in [5.74, 6) is 0.0286. The molecule has 4 heterocycles. The molecule has 0 bridgehead atoms. The molecule has 1 unspecified atom stereocenters. The number of rotatable bonds is 6. The number of aromatic nitrogens is 5. The molecule has 1 saturated heterocycles. The van der Waals surface area contributed by atoms with Crippen LogP contribution in [0.4, 0.5) is 8.78 Å². The van der Waals surface area contributed by atoms with Crippen molar-refractivity contribution in [3.05, 3.63) is 83.4 Å². The third kappa shape index (κ3) is 4.85. The van der Waals surface area contributed by atoms with Crippen LogP contribution in [0.5, 0.6) is 5.88 Å². The van der Waals surface area contributed by atoms with E-state index in [9.17, 15) is 13.6 Å². The van der Waals surface area contributed by atoms with Gasteiger partial charge in [0.2, 0.25) is 5.88 Å². The second-order valence-corrected chi connectivity index (χ2v) is 10.7. The maximum atomic E-state index is 13.5. The van der Waals surface area contributed by atoms with Gasteiger partial charge in [-0.1, -0.05) is 0 Å². The number of amides is 1. The number of nitrogens with two attached hydrogens (primary N) is 1. The number of fused-ring (bicyclic) bond motifs is 1. The highest BCUT2D eigenvalue weighted by molar-refractivity contribution is 5.95. The van der Waals surface area contributed by atoms with E-state index in [0.717, 1.165) is 23.5 Å². The molecular formula is C28H27F2N7O2. The summed E-state index contributed by atoms with van der Waals surface area (Å²) in [6.45, 7) is 6.66. The first-order valence-corrected chi connectivity index (χ1v) is 12.6. The molecule has 39 heavy (non-hydrogen) atoms. The highest BCUT2D eigenvalue weighted by Crippen LogP contribution is 2.48. The zero-order valence-electron chi connectivity index (χ0n) is 21.7. The van der Waals surface area contributed by atoms with Crippen LogP contribution in [0.3, 0.4) is 0 Å². The van der Waals surface area contributed by atoms with Gasteiger partial charge in [-0.05, 0) is 56.7 Å². The largest absolute Gasteiger partial charge is 0.474 e. The fourth-order valence-electron chi connectivity index (χ4n) is 5.02. The van der Waals surface area contributed by atoms with Crippen molar-refractivity contribution in [3.8, 4) is 23.1 Å². The van der Waals surface area contributed by atoms with E-state index in [1.165, 1.54) is 16.8 Å². The number of carbonyl (C=O) groups is 1. The van der Waals surface area contributed by atoms with Gasteiger partial charge >= 0.3 is 0 Å². The van der Waals surface area contributed by atoms with Crippen LogP contribution in [0.15, 0.2) is 55.0 Å². The molecule has 2 fully saturated rings. The van der Waals surface area contributed by atoms with Crippen molar-refractivity contribution in [2.45, 2.75) is 32.4 Å². The maximum Gasteiger partial charge on any atom is 0.257 e. The first kappa shape index (κ1) is 25.1. The Morgan fingerprint density at radius 2 is 1.72 bits per heavy atom. The van der Waals surface area contributed by atoms with Gasteiger partial charge in [0, 0.05) is 48.3 Å². The van der Waals surface area contributed by atoms with Crippen LogP contribution in [-0.4, -0.2) is 54.7 Å². The number of nitrogens with zero attached hydrogens (tertiary/aromatic N) is 6. The molecule has 1 aromatic carbocycles. The lowest BCUT2D eigenvalue weighted by molar-refractivity contribution is 0.0751. The van der Waals surface area contributed by atoms with Crippen LogP contribution in [0.25, 0.3) is 17.2 Å². The summed E-state index contributed by atoms with van der Waals surface area (Å²) in [5.41, 5.74) is 9.02. The first-order chi connectivity index (χ1) is 18.6. The molecule has 3 atom stereocenters. The third-order valence-electron chi connectivity index (χ3n) is 7.29. The van der Waals surface area contributed by atoms with Crippen molar-refractivity contribution >= 4 is 5.91 Å². The van der Waals surface area contributed by atoms with E-state index in [1.807, 2.05) is 26.0 Å². The van der Waals surface area contributed by atoms with Crippen LogP contribution in [0.2, 0.25) is 0 Å². The number of likely N-dealkylation sites (tertiary alicyclic amines) is 1. The lowest BCUT2D eigenvalue weighted by atomic mass is 9.95. The van der Waals surface area contributed by atoms with Crippen molar-refractivity contribution in [3.63, 3.8) is 0 Å². The molecule has 2 aliphatic rings. The number of benzene rings is 1. The molecule has 0 radical (unpaired) electrons. The number of piperidine rings is 1. The zero-order valence-corrected chi connectivity index (χ0v) is 21.7. The van der Waals surface area contributed by atoms with Gasteiger partial charge in [-0.25, -0.2) is 28.4 Å². The lowest BCUT2D eigenvalue weighted by Crippen LogP contribution is -2.33. The summed E-state index contributed by atoms with van der Waals surface area (Å²) in [7, 11) is 0. The van der Waals surface area contributed by atoms with Crippen LogP contribution in [0, 0.1) is 30.4 Å². The Bertz CT molecular complexity index is 1540. The SMILES string of the molecule is Cc1nn(-c2ncc(F)cn2)cc1C(=O)N1C[C@@H]2C(Oc3cc(C(C)(C)N)cc(-c4ccc(F)cc4)n3)[C@@H]2C1. The third-order valence-corrected chi connectivity index (χ3v) is 7.29. The predicted octanol–water partition coefficient (Wildman–Crippen LogP) is 3.65. The minimum absolute atomic E-state index is 0.0600. The minimum Gasteiger partial charge on any atom is -0.474 e. The summed E-state index contributed by atoms with van der Waals surface area (Å²) in [4.78, 5) is 27.6. The molecule has 200 valence electrons. The summed E-state index contributed by atoms with van der Waals surface area (Å²) >= 11 is 0. The Kier molecular flexibility index (Phi) is 5.91. The monoisotopic (exact) mass is 531 g/mol. The quantitative estimate of drug-likeness (QED) is 0.404. The van der Waals surface area contributed by atoms with Gasteiger partial charge in [0.1, 0.15) is 11.9 Å². The van der Waals surface area contributed by atoms with Gasteiger partial charge in [0.25, 0.3) is 11.9 Å². The van der Waals surface area contributed by atoms with Crippen LogP contribution >= 0.6 is 0 Å². The standard InChI is InChI=1S/C28H27F2N7O2/c1-15-20(14-37(35-15)27-32-10-19(30)11-33-27)26(38)36-12-21-22(13-36)25(21)39-24-9-17(28(2,3)31)8-23(34-24)16-4-6-18(29)7-5-16/h4-11,14,21-22,25H,12-13,31H2,1-3H3/t21-,22+,25?.